The first kappa shape index (κ1) is 12.8. The molecular formula is C9H5ClF4O2. The number of carboxylic acids is 1. The van der Waals surface area contributed by atoms with Crippen molar-refractivity contribution in [2.24, 2.45) is 0 Å². The van der Waals surface area contributed by atoms with Crippen molar-refractivity contribution >= 4 is 17.6 Å². The maximum atomic E-state index is 13.1. The molecule has 7 heteroatoms. The fourth-order valence-electron chi connectivity index (χ4n) is 1.22. The van der Waals surface area contributed by atoms with E-state index in [4.69, 9.17) is 16.7 Å². The number of rotatable bonds is 2. The highest BCUT2D eigenvalue weighted by atomic mass is 35.5. The van der Waals surface area contributed by atoms with E-state index in [1.807, 2.05) is 0 Å². The Kier molecular flexibility index (Phi) is 3.42. The third-order valence-corrected chi connectivity index (χ3v) is 2.13. The smallest absolute Gasteiger partial charge is 0.418 e. The number of carboxylic acid groups (broad SMARTS) is 1. The monoisotopic (exact) mass is 256 g/mol. The van der Waals surface area contributed by atoms with E-state index in [2.05, 4.69) is 0 Å². The van der Waals surface area contributed by atoms with Gasteiger partial charge in [-0.15, -0.1) is 0 Å². The van der Waals surface area contributed by atoms with Crippen LogP contribution in [0.15, 0.2) is 12.1 Å². The maximum Gasteiger partial charge on any atom is 0.418 e. The molecule has 0 heterocycles. The highest BCUT2D eigenvalue weighted by Crippen LogP contribution is 2.38. The Morgan fingerprint density at radius 2 is 1.94 bits per heavy atom. The Bertz CT molecular complexity index is 428. The second kappa shape index (κ2) is 4.29. The lowest BCUT2D eigenvalue weighted by molar-refractivity contribution is -0.139. The molecule has 88 valence electrons. The van der Waals surface area contributed by atoms with Gasteiger partial charge >= 0.3 is 12.1 Å². The third-order valence-electron chi connectivity index (χ3n) is 1.82. The van der Waals surface area contributed by atoms with E-state index in [9.17, 15) is 22.4 Å². The minimum absolute atomic E-state index is 0.704. The van der Waals surface area contributed by atoms with Gasteiger partial charge < -0.3 is 5.11 Å². The third kappa shape index (κ3) is 2.63. The Morgan fingerprint density at radius 3 is 2.38 bits per heavy atom. The van der Waals surface area contributed by atoms with E-state index in [1.54, 1.807) is 0 Å². The molecule has 2 nitrogen and oxygen atoms in total. The van der Waals surface area contributed by atoms with Gasteiger partial charge in [0.2, 0.25) is 0 Å². The SMILES string of the molecule is O=C(O)Cc1c(F)ccc(Cl)c1C(F)(F)F. The zero-order valence-electron chi connectivity index (χ0n) is 7.61. The van der Waals surface area contributed by atoms with Crippen molar-refractivity contribution in [3.8, 4) is 0 Å². The van der Waals surface area contributed by atoms with Gasteiger partial charge in [-0.25, -0.2) is 4.39 Å². The average molecular weight is 257 g/mol. The standard InChI is InChI=1S/C9H5ClF4O2/c10-5-1-2-6(11)4(3-7(15)16)8(5)9(12,13)14/h1-2H,3H2,(H,15,16). The number of benzene rings is 1. The summed E-state index contributed by atoms with van der Waals surface area (Å²) in [4.78, 5) is 10.3. The maximum absolute atomic E-state index is 13.1. The van der Waals surface area contributed by atoms with Crippen molar-refractivity contribution in [1.82, 2.24) is 0 Å². The van der Waals surface area contributed by atoms with Crippen LogP contribution in [0, 0.1) is 5.82 Å². The second-order valence-corrected chi connectivity index (χ2v) is 3.36. The minimum atomic E-state index is -4.88. The van der Waals surface area contributed by atoms with Crippen LogP contribution < -0.4 is 0 Å². The van der Waals surface area contributed by atoms with Gasteiger partial charge in [-0.2, -0.15) is 13.2 Å². The summed E-state index contributed by atoms with van der Waals surface area (Å²) in [5, 5.41) is 7.68. The van der Waals surface area contributed by atoms with Crippen molar-refractivity contribution in [1.29, 1.82) is 0 Å². The van der Waals surface area contributed by atoms with Crippen molar-refractivity contribution in [3.05, 3.63) is 34.1 Å². The number of hydrogen-bond donors (Lipinski definition) is 1. The second-order valence-electron chi connectivity index (χ2n) is 2.95. The van der Waals surface area contributed by atoms with E-state index in [-0.39, 0.29) is 0 Å². The Labute approximate surface area is 92.4 Å². The van der Waals surface area contributed by atoms with E-state index in [1.165, 1.54) is 0 Å². The molecule has 0 spiro atoms. The molecule has 0 aliphatic carbocycles. The van der Waals surface area contributed by atoms with E-state index >= 15 is 0 Å². The highest BCUT2D eigenvalue weighted by molar-refractivity contribution is 6.31. The zero-order chi connectivity index (χ0) is 12.5. The summed E-state index contributed by atoms with van der Waals surface area (Å²) in [5.74, 6) is -2.80. The predicted octanol–water partition coefficient (Wildman–Crippen LogP) is 3.13. The van der Waals surface area contributed by atoms with Crippen LogP contribution in [-0.2, 0) is 17.4 Å². The summed E-state index contributed by atoms with van der Waals surface area (Å²) in [6.07, 6.45) is -5.95. The molecule has 0 bridgehead atoms. The van der Waals surface area contributed by atoms with E-state index in [0.717, 1.165) is 6.07 Å². The Balaban J connectivity index is 3.43. The van der Waals surface area contributed by atoms with Gasteiger partial charge in [-0.3, -0.25) is 4.79 Å². The molecule has 0 saturated carbocycles. The summed E-state index contributed by atoms with van der Waals surface area (Å²) in [6, 6.07) is 1.45. The van der Waals surface area contributed by atoms with Gasteiger partial charge in [0.15, 0.2) is 0 Å². The van der Waals surface area contributed by atoms with Crippen molar-refractivity contribution in [2.75, 3.05) is 0 Å². The summed E-state index contributed by atoms with van der Waals surface area (Å²) in [5.41, 5.74) is -2.39. The van der Waals surface area contributed by atoms with Crippen LogP contribution in [0.4, 0.5) is 17.6 Å². The molecular weight excluding hydrogens is 252 g/mol. The molecule has 1 aromatic rings. The predicted molar refractivity (Wildman–Crippen MR) is 47.8 cm³/mol. The van der Waals surface area contributed by atoms with E-state index in [0.29, 0.717) is 6.07 Å². The minimum Gasteiger partial charge on any atom is -0.481 e. The molecule has 1 rings (SSSR count). The molecule has 16 heavy (non-hydrogen) atoms. The van der Waals surface area contributed by atoms with Gasteiger partial charge in [-0.1, -0.05) is 11.6 Å². The largest absolute Gasteiger partial charge is 0.481 e. The molecule has 0 atom stereocenters. The Hall–Kier alpha value is -1.30. The van der Waals surface area contributed by atoms with Gasteiger partial charge in [0.05, 0.1) is 17.0 Å². The normalized spacial score (nSPS) is 11.6. The number of alkyl halides is 3. The fraction of sp³-hybridized carbons (Fsp3) is 0.222. The quantitative estimate of drug-likeness (QED) is 0.826. The number of aliphatic carboxylic acids is 1. The zero-order valence-corrected chi connectivity index (χ0v) is 8.36. The molecule has 1 aromatic carbocycles. The lowest BCUT2D eigenvalue weighted by atomic mass is 10.0. The summed E-state index contributed by atoms with van der Waals surface area (Å²) in [7, 11) is 0. The number of carbonyl (C=O) groups is 1. The fourth-order valence-corrected chi connectivity index (χ4v) is 1.51. The van der Waals surface area contributed by atoms with Crippen LogP contribution in [0.2, 0.25) is 5.02 Å². The van der Waals surface area contributed by atoms with Crippen LogP contribution in [0.1, 0.15) is 11.1 Å². The first-order valence-electron chi connectivity index (χ1n) is 3.99. The molecule has 1 N–H and O–H groups in total. The first-order valence-corrected chi connectivity index (χ1v) is 4.37. The topological polar surface area (TPSA) is 37.3 Å². The summed E-state index contributed by atoms with van der Waals surface area (Å²) >= 11 is 5.29. The molecule has 0 unspecified atom stereocenters. The van der Waals surface area contributed by atoms with Crippen molar-refractivity contribution in [2.45, 2.75) is 12.6 Å². The van der Waals surface area contributed by atoms with Gasteiger partial charge in [0.25, 0.3) is 0 Å². The van der Waals surface area contributed by atoms with Crippen LogP contribution in [0.3, 0.4) is 0 Å². The molecule has 0 fully saturated rings. The summed E-state index contributed by atoms with van der Waals surface area (Å²) in [6.45, 7) is 0. The van der Waals surface area contributed by atoms with Gasteiger partial charge in [-0.05, 0) is 12.1 Å². The molecule has 0 saturated heterocycles. The van der Waals surface area contributed by atoms with Crippen LogP contribution in [0.25, 0.3) is 0 Å². The van der Waals surface area contributed by atoms with Crippen LogP contribution in [-0.4, -0.2) is 11.1 Å². The molecule has 0 aliphatic rings. The van der Waals surface area contributed by atoms with Crippen LogP contribution in [0.5, 0.6) is 0 Å². The van der Waals surface area contributed by atoms with Gasteiger partial charge in [0, 0.05) is 5.56 Å². The highest BCUT2D eigenvalue weighted by Gasteiger charge is 2.37. The van der Waals surface area contributed by atoms with Crippen molar-refractivity contribution in [3.63, 3.8) is 0 Å². The number of halogens is 5. The van der Waals surface area contributed by atoms with E-state index < -0.39 is 40.5 Å². The van der Waals surface area contributed by atoms with Crippen molar-refractivity contribution < 1.29 is 27.5 Å². The number of hydrogen-bond acceptors (Lipinski definition) is 1. The van der Waals surface area contributed by atoms with Crippen LogP contribution >= 0.6 is 11.6 Å². The average Bonchev–Trinajstić information content (AvgIpc) is 2.08. The molecule has 0 aliphatic heterocycles. The molecule has 0 radical (unpaired) electrons. The molecule has 0 amide bonds. The lowest BCUT2D eigenvalue weighted by Crippen LogP contribution is -2.14. The molecule has 0 aromatic heterocycles. The Morgan fingerprint density at radius 1 is 1.38 bits per heavy atom. The van der Waals surface area contributed by atoms with Gasteiger partial charge in [0.1, 0.15) is 5.82 Å². The summed E-state index contributed by atoms with van der Waals surface area (Å²) < 4.78 is 50.6. The first-order chi connectivity index (χ1) is 7.23. The lowest BCUT2D eigenvalue weighted by Gasteiger charge is -2.13.